The lowest BCUT2D eigenvalue weighted by atomic mass is 9.84. The molecule has 0 spiro atoms. The quantitative estimate of drug-likeness (QED) is 0.798. The molecule has 1 aromatic carbocycles. The fourth-order valence-electron chi connectivity index (χ4n) is 2.11. The highest BCUT2D eigenvalue weighted by atomic mass is 19.1. The molecule has 4 heteroatoms. The molecule has 0 saturated carbocycles. The third-order valence-corrected chi connectivity index (χ3v) is 3.19. The Morgan fingerprint density at radius 3 is 2.63 bits per heavy atom. The Hall–Kier alpha value is -1.42. The van der Waals surface area contributed by atoms with Crippen LogP contribution in [0.1, 0.15) is 32.8 Å². The minimum Gasteiger partial charge on any atom is -0.481 e. The van der Waals surface area contributed by atoms with Gasteiger partial charge in [0.2, 0.25) is 0 Å². The third kappa shape index (κ3) is 4.99. The maximum atomic E-state index is 13.7. The molecule has 1 unspecified atom stereocenters. The van der Waals surface area contributed by atoms with Gasteiger partial charge in [-0.2, -0.15) is 0 Å². The number of carboxylic acids is 1. The predicted molar refractivity (Wildman–Crippen MR) is 73.7 cm³/mol. The van der Waals surface area contributed by atoms with Crippen molar-refractivity contribution >= 4 is 5.97 Å². The van der Waals surface area contributed by atoms with Gasteiger partial charge in [0.1, 0.15) is 5.82 Å². The van der Waals surface area contributed by atoms with E-state index in [0.717, 1.165) is 0 Å². The van der Waals surface area contributed by atoms with E-state index in [9.17, 15) is 9.18 Å². The van der Waals surface area contributed by atoms with Crippen LogP contribution in [0, 0.1) is 11.7 Å². The Bertz CT molecular complexity index is 432. The van der Waals surface area contributed by atoms with E-state index in [4.69, 9.17) is 5.11 Å². The Kier molecular flexibility index (Phi) is 5.48. The number of hydrogen-bond donors (Lipinski definition) is 2. The average molecular weight is 267 g/mol. The number of halogens is 1. The lowest BCUT2D eigenvalue weighted by Crippen LogP contribution is -2.36. The molecule has 1 atom stereocenters. The van der Waals surface area contributed by atoms with E-state index < -0.39 is 5.97 Å². The van der Waals surface area contributed by atoms with Crippen molar-refractivity contribution in [3.63, 3.8) is 0 Å². The van der Waals surface area contributed by atoms with Gasteiger partial charge in [0.05, 0.1) is 0 Å². The second-order valence-electron chi connectivity index (χ2n) is 5.70. The van der Waals surface area contributed by atoms with Gasteiger partial charge < -0.3 is 10.4 Å². The summed E-state index contributed by atoms with van der Waals surface area (Å²) in [6.07, 6.45) is 0.146. The first kappa shape index (κ1) is 15.6. The highest BCUT2D eigenvalue weighted by molar-refractivity contribution is 5.66. The minimum atomic E-state index is -0.789. The molecule has 0 heterocycles. The van der Waals surface area contributed by atoms with Gasteiger partial charge in [0, 0.05) is 18.4 Å². The molecule has 0 aliphatic rings. The van der Waals surface area contributed by atoms with E-state index in [-0.39, 0.29) is 23.6 Å². The average Bonchev–Trinajstić information content (AvgIpc) is 2.27. The minimum absolute atomic E-state index is 0.0638. The van der Waals surface area contributed by atoms with Crippen LogP contribution in [-0.4, -0.2) is 24.2 Å². The van der Waals surface area contributed by atoms with Gasteiger partial charge in [0.15, 0.2) is 0 Å². The van der Waals surface area contributed by atoms with Crippen molar-refractivity contribution in [1.82, 2.24) is 5.32 Å². The molecule has 0 aliphatic carbocycles. The van der Waals surface area contributed by atoms with Gasteiger partial charge in [0.25, 0.3) is 0 Å². The monoisotopic (exact) mass is 267 g/mol. The summed E-state index contributed by atoms with van der Waals surface area (Å²) in [6, 6.07) is 6.76. The fourth-order valence-corrected chi connectivity index (χ4v) is 2.11. The number of nitrogens with one attached hydrogen (secondary N) is 1. The van der Waals surface area contributed by atoms with Crippen LogP contribution in [0.25, 0.3) is 0 Å². The molecule has 0 amide bonds. The van der Waals surface area contributed by atoms with Crippen molar-refractivity contribution in [3.8, 4) is 0 Å². The van der Waals surface area contributed by atoms with Gasteiger partial charge in [-0.05, 0) is 24.1 Å². The van der Waals surface area contributed by atoms with Crippen molar-refractivity contribution in [1.29, 1.82) is 0 Å². The lowest BCUT2D eigenvalue weighted by Gasteiger charge is -2.27. The fraction of sp³-hybridized carbons (Fsp3) is 0.533. The molecule has 1 rings (SSSR count). The Balaban J connectivity index is 2.52. The molecular formula is C15H22FNO2. The Morgan fingerprint density at radius 2 is 2.05 bits per heavy atom. The highest BCUT2D eigenvalue weighted by Crippen LogP contribution is 2.24. The van der Waals surface area contributed by atoms with Crippen LogP contribution < -0.4 is 5.32 Å². The molecule has 1 aromatic rings. The number of carboxylic acid groups (broad SMARTS) is 1. The van der Waals surface area contributed by atoms with Gasteiger partial charge in [-0.25, -0.2) is 4.39 Å². The first-order valence-electron chi connectivity index (χ1n) is 6.50. The van der Waals surface area contributed by atoms with Crippen LogP contribution in [0.15, 0.2) is 24.3 Å². The van der Waals surface area contributed by atoms with Gasteiger partial charge in [-0.3, -0.25) is 4.79 Å². The lowest BCUT2D eigenvalue weighted by molar-refractivity contribution is -0.137. The number of benzene rings is 1. The normalized spacial score (nSPS) is 13.3. The number of aliphatic carboxylic acids is 1. The third-order valence-electron chi connectivity index (χ3n) is 3.19. The van der Waals surface area contributed by atoms with Crippen molar-refractivity contribution in [2.75, 3.05) is 13.1 Å². The first-order chi connectivity index (χ1) is 8.83. The molecule has 2 N–H and O–H groups in total. The molecule has 19 heavy (non-hydrogen) atoms. The largest absolute Gasteiger partial charge is 0.481 e. The maximum Gasteiger partial charge on any atom is 0.303 e. The zero-order chi connectivity index (χ0) is 14.5. The highest BCUT2D eigenvalue weighted by Gasteiger charge is 2.23. The first-order valence-corrected chi connectivity index (χ1v) is 6.50. The Morgan fingerprint density at radius 1 is 1.42 bits per heavy atom. The molecule has 0 aliphatic heterocycles. The van der Waals surface area contributed by atoms with Crippen molar-refractivity contribution in [3.05, 3.63) is 35.6 Å². The van der Waals surface area contributed by atoms with Gasteiger partial charge >= 0.3 is 5.97 Å². The molecule has 0 saturated heterocycles. The topological polar surface area (TPSA) is 49.3 Å². The molecule has 106 valence electrons. The smallest absolute Gasteiger partial charge is 0.303 e. The van der Waals surface area contributed by atoms with Crippen LogP contribution in [-0.2, 0) is 10.2 Å². The molecule has 3 nitrogen and oxygen atoms in total. The number of hydrogen-bond acceptors (Lipinski definition) is 2. The summed E-state index contributed by atoms with van der Waals surface area (Å²) in [5.41, 5.74) is 0.349. The standard InChI is InChI=1S/C15H22FNO2/c1-11(8-14(18)19)9-17-10-15(2,3)12-6-4-5-7-13(12)16/h4-7,11,17H,8-10H2,1-3H3,(H,18,19). The van der Waals surface area contributed by atoms with Crippen molar-refractivity contribution in [2.45, 2.75) is 32.6 Å². The molecular weight excluding hydrogens is 245 g/mol. The maximum absolute atomic E-state index is 13.7. The van der Waals surface area contributed by atoms with Crippen molar-refractivity contribution in [2.24, 2.45) is 5.92 Å². The summed E-state index contributed by atoms with van der Waals surface area (Å²) in [4.78, 5) is 10.6. The second-order valence-corrected chi connectivity index (χ2v) is 5.70. The summed E-state index contributed by atoms with van der Waals surface area (Å²) < 4.78 is 13.7. The number of carbonyl (C=O) groups is 1. The van der Waals surface area contributed by atoms with Crippen molar-refractivity contribution < 1.29 is 14.3 Å². The van der Waals surface area contributed by atoms with Crippen LogP contribution in [0.3, 0.4) is 0 Å². The van der Waals surface area contributed by atoms with Gasteiger partial charge in [-0.15, -0.1) is 0 Å². The second kappa shape index (κ2) is 6.66. The SMILES string of the molecule is CC(CNCC(C)(C)c1ccccc1F)CC(=O)O. The van der Waals surface area contributed by atoms with E-state index in [2.05, 4.69) is 5.32 Å². The summed E-state index contributed by atoms with van der Waals surface area (Å²) >= 11 is 0. The summed E-state index contributed by atoms with van der Waals surface area (Å²) in [7, 11) is 0. The van der Waals surface area contributed by atoms with Gasteiger partial charge in [-0.1, -0.05) is 39.0 Å². The van der Waals surface area contributed by atoms with E-state index >= 15 is 0 Å². The van der Waals surface area contributed by atoms with E-state index in [1.807, 2.05) is 26.8 Å². The van der Waals surface area contributed by atoms with Crippen LogP contribution in [0.4, 0.5) is 4.39 Å². The molecule has 0 fully saturated rings. The van der Waals surface area contributed by atoms with Crippen LogP contribution >= 0.6 is 0 Å². The van der Waals surface area contributed by atoms with E-state index in [1.165, 1.54) is 6.07 Å². The van der Waals surface area contributed by atoms with Crippen LogP contribution in [0.2, 0.25) is 0 Å². The molecule has 0 bridgehead atoms. The van der Waals surface area contributed by atoms with E-state index in [0.29, 0.717) is 18.7 Å². The zero-order valence-corrected chi connectivity index (χ0v) is 11.7. The summed E-state index contributed by atoms with van der Waals surface area (Å²) in [6.45, 7) is 7.06. The Labute approximate surface area is 113 Å². The van der Waals surface area contributed by atoms with E-state index in [1.54, 1.807) is 12.1 Å². The number of rotatable bonds is 7. The molecule has 0 radical (unpaired) electrons. The predicted octanol–water partition coefficient (Wildman–Crippen LogP) is 2.80. The van der Waals surface area contributed by atoms with Crippen LogP contribution in [0.5, 0.6) is 0 Å². The summed E-state index contributed by atoms with van der Waals surface area (Å²) in [5, 5.41) is 11.9. The zero-order valence-electron chi connectivity index (χ0n) is 11.7. The summed E-state index contributed by atoms with van der Waals surface area (Å²) in [5.74, 6) is -0.926. The molecule has 0 aromatic heterocycles.